The van der Waals surface area contributed by atoms with E-state index in [1.165, 1.54) is 17.3 Å². The fourth-order valence-electron chi connectivity index (χ4n) is 2.14. The maximum Gasteiger partial charge on any atom is 0.236 e. The topological polar surface area (TPSA) is 72.7 Å². The third kappa shape index (κ3) is 3.80. The van der Waals surface area contributed by atoms with Crippen LogP contribution >= 0.6 is 11.8 Å². The lowest BCUT2D eigenvalue weighted by Gasteiger charge is -2.05. The van der Waals surface area contributed by atoms with Gasteiger partial charge in [0.25, 0.3) is 0 Å². The zero-order valence-corrected chi connectivity index (χ0v) is 14.2. The highest BCUT2D eigenvalue weighted by molar-refractivity contribution is 7.99. The molecule has 6 nitrogen and oxygen atoms in total. The largest absolute Gasteiger partial charge is 0.310 e. The monoisotopic (exact) mass is 339 g/mol. The normalized spacial score (nSPS) is 10.6. The lowest BCUT2D eigenvalue weighted by atomic mass is 10.1. The summed E-state index contributed by atoms with van der Waals surface area (Å²) >= 11 is 1.34. The minimum Gasteiger partial charge on any atom is -0.310 e. The molecule has 0 spiro atoms. The van der Waals surface area contributed by atoms with Crippen molar-refractivity contribution in [2.24, 2.45) is 7.05 Å². The first-order valence-electron chi connectivity index (χ1n) is 7.43. The van der Waals surface area contributed by atoms with E-state index in [1.807, 2.05) is 48.9 Å². The van der Waals surface area contributed by atoms with Gasteiger partial charge in [0.1, 0.15) is 5.82 Å². The van der Waals surface area contributed by atoms with E-state index in [1.54, 1.807) is 18.3 Å². The molecule has 0 bridgehead atoms. The molecule has 1 amide bonds. The Balaban J connectivity index is 1.64. The highest BCUT2D eigenvalue weighted by Crippen LogP contribution is 2.22. The predicted molar refractivity (Wildman–Crippen MR) is 94.8 cm³/mol. The maximum atomic E-state index is 12.0. The van der Waals surface area contributed by atoms with E-state index in [-0.39, 0.29) is 11.7 Å². The quantitative estimate of drug-likeness (QED) is 0.724. The summed E-state index contributed by atoms with van der Waals surface area (Å²) in [6, 6.07) is 13.5. The molecule has 0 aliphatic heterocycles. The summed E-state index contributed by atoms with van der Waals surface area (Å²) in [5.74, 6) is 1.44. The van der Waals surface area contributed by atoms with Gasteiger partial charge < -0.3 is 9.88 Å². The Labute approximate surface area is 144 Å². The Kier molecular flexibility index (Phi) is 4.90. The summed E-state index contributed by atoms with van der Waals surface area (Å²) in [5, 5.41) is 11.8. The molecule has 122 valence electrons. The van der Waals surface area contributed by atoms with Crippen LogP contribution in [0.3, 0.4) is 0 Å². The Bertz CT molecular complexity index is 830. The molecule has 0 aliphatic rings. The van der Waals surface area contributed by atoms with Crippen molar-refractivity contribution in [1.82, 2.24) is 19.7 Å². The highest BCUT2D eigenvalue weighted by atomic mass is 32.2. The van der Waals surface area contributed by atoms with Crippen molar-refractivity contribution in [3.8, 4) is 11.4 Å². The third-order valence-corrected chi connectivity index (χ3v) is 4.43. The number of hydrogen-bond donors (Lipinski definition) is 1. The second-order valence-corrected chi connectivity index (χ2v) is 6.23. The number of hydrogen-bond acceptors (Lipinski definition) is 5. The van der Waals surface area contributed by atoms with Crippen molar-refractivity contribution >= 4 is 23.5 Å². The van der Waals surface area contributed by atoms with Gasteiger partial charge in [-0.2, -0.15) is 0 Å². The molecule has 0 aliphatic carbocycles. The SMILES string of the molecule is Cc1ccc(-c2nnc(SCC(=O)Nc3ccccn3)n2C)cc1. The van der Waals surface area contributed by atoms with E-state index in [0.29, 0.717) is 11.0 Å². The first-order valence-corrected chi connectivity index (χ1v) is 8.42. The number of anilines is 1. The van der Waals surface area contributed by atoms with Gasteiger partial charge in [0.05, 0.1) is 5.75 Å². The number of nitrogens with one attached hydrogen (secondary N) is 1. The summed E-state index contributed by atoms with van der Waals surface area (Å²) in [7, 11) is 1.90. The average molecular weight is 339 g/mol. The van der Waals surface area contributed by atoms with Crippen LogP contribution in [-0.2, 0) is 11.8 Å². The lowest BCUT2D eigenvalue weighted by molar-refractivity contribution is -0.113. The van der Waals surface area contributed by atoms with Crippen LogP contribution in [0.4, 0.5) is 5.82 Å². The van der Waals surface area contributed by atoms with Gasteiger partial charge >= 0.3 is 0 Å². The van der Waals surface area contributed by atoms with Gasteiger partial charge in [-0.3, -0.25) is 4.79 Å². The summed E-state index contributed by atoms with van der Waals surface area (Å²) in [4.78, 5) is 16.0. The van der Waals surface area contributed by atoms with Gasteiger partial charge in [-0.1, -0.05) is 47.7 Å². The third-order valence-electron chi connectivity index (χ3n) is 3.41. The first kappa shape index (κ1) is 16.2. The molecule has 24 heavy (non-hydrogen) atoms. The minimum absolute atomic E-state index is 0.126. The Morgan fingerprint density at radius 3 is 2.67 bits per heavy atom. The number of aryl methyl sites for hydroxylation is 1. The fourth-order valence-corrected chi connectivity index (χ4v) is 2.85. The molecule has 3 aromatic rings. The number of aromatic nitrogens is 4. The molecule has 0 saturated heterocycles. The molecule has 2 heterocycles. The summed E-state index contributed by atoms with van der Waals surface area (Å²) < 4.78 is 1.89. The number of carbonyl (C=O) groups excluding carboxylic acids is 1. The van der Waals surface area contributed by atoms with E-state index in [4.69, 9.17) is 0 Å². The summed E-state index contributed by atoms with van der Waals surface area (Å²) in [5.41, 5.74) is 2.20. The Hall–Kier alpha value is -2.67. The fraction of sp³-hybridized carbons (Fsp3) is 0.176. The molecule has 0 saturated carbocycles. The van der Waals surface area contributed by atoms with E-state index in [0.717, 1.165) is 11.4 Å². The number of carbonyl (C=O) groups is 1. The molecular formula is C17H17N5OS. The van der Waals surface area contributed by atoms with Crippen LogP contribution in [0.25, 0.3) is 11.4 Å². The molecule has 0 radical (unpaired) electrons. The van der Waals surface area contributed by atoms with Gasteiger partial charge in [0.2, 0.25) is 5.91 Å². The van der Waals surface area contributed by atoms with Crippen LogP contribution in [-0.4, -0.2) is 31.4 Å². The van der Waals surface area contributed by atoms with E-state index in [9.17, 15) is 4.79 Å². The van der Waals surface area contributed by atoms with Gasteiger partial charge in [-0.15, -0.1) is 10.2 Å². The van der Waals surface area contributed by atoms with Gasteiger partial charge in [-0.25, -0.2) is 4.98 Å². The van der Waals surface area contributed by atoms with E-state index >= 15 is 0 Å². The Morgan fingerprint density at radius 1 is 1.17 bits per heavy atom. The average Bonchev–Trinajstić information content (AvgIpc) is 2.95. The summed E-state index contributed by atoms with van der Waals surface area (Å²) in [6.07, 6.45) is 1.64. The van der Waals surface area contributed by atoms with Crippen molar-refractivity contribution in [1.29, 1.82) is 0 Å². The van der Waals surface area contributed by atoms with Crippen LogP contribution in [0, 0.1) is 6.92 Å². The van der Waals surface area contributed by atoms with Crippen molar-refractivity contribution in [2.75, 3.05) is 11.1 Å². The summed E-state index contributed by atoms with van der Waals surface area (Å²) in [6.45, 7) is 2.04. The molecule has 0 atom stereocenters. The van der Waals surface area contributed by atoms with Crippen molar-refractivity contribution in [2.45, 2.75) is 12.1 Å². The molecule has 0 fully saturated rings. The number of nitrogens with zero attached hydrogens (tertiary/aromatic N) is 4. The molecule has 0 unspecified atom stereocenters. The van der Waals surface area contributed by atoms with Crippen LogP contribution in [0.2, 0.25) is 0 Å². The van der Waals surface area contributed by atoms with Crippen LogP contribution < -0.4 is 5.32 Å². The van der Waals surface area contributed by atoms with Gasteiger partial charge in [-0.05, 0) is 19.1 Å². The number of amides is 1. The van der Waals surface area contributed by atoms with Crippen LogP contribution in [0.5, 0.6) is 0 Å². The van der Waals surface area contributed by atoms with Gasteiger partial charge in [0, 0.05) is 18.8 Å². The van der Waals surface area contributed by atoms with Gasteiger partial charge in [0.15, 0.2) is 11.0 Å². The molecular weight excluding hydrogens is 322 g/mol. The molecule has 1 aromatic carbocycles. The zero-order chi connectivity index (χ0) is 16.9. The molecule has 1 N–H and O–H groups in total. The van der Waals surface area contributed by atoms with Crippen LogP contribution in [0.1, 0.15) is 5.56 Å². The smallest absolute Gasteiger partial charge is 0.236 e. The predicted octanol–water partition coefficient (Wildman–Crippen LogP) is 2.92. The highest BCUT2D eigenvalue weighted by Gasteiger charge is 2.13. The first-order chi connectivity index (χ1) is 11.6. The standard InChI is InChI=1S/C17H17N5OS/c1-12-6-8-13(9-7-12)16-20-21-17(22(16)2)24-11-15(23)19-14-5-3-4-10-18-14/h3-10H,11H2,1-2H3,(H,18,19,23). The van der Waals surface area contributed by atoms with Crippen LogP contribution in [0.15, 0.2) is 53.8 Å². The van der Waals surface area contributed by atoms with Crippen molar-refractivity contribution in [3.05, 3.63) is 54.2 Å². The molecule has 3 rings (SSSR count). The second-order valence-electron chi connectivity index (χ2n) is 5.28. The van der Waals surface area contributed by atoms with E-state index in [2.05, 4.69) is 20.5 Å². The molecule has 7 heteroatoms. The number of pyridine rings is 1. The number of rotatable bonds is 5. The lowest BCUT2D eigenvalue weighted by Crippen LogP contribution is -2.15. The van der Waals surface area contributed by atoms with Crippen molar-refractivity contribution in [3.63, 3.8) is 0 Å². The zero-order valence-electron chi connectivity index (χ0n) is 13.4. The minimum atomic E-state index is -0.126. The maximum absolute atomic E-state index is 12.0. The number of thioether (sulfide) groups is 1. The Morgan fingerprint density at radius 2 is 1.96 bits per heavy atom. The molecule has 2 aromatic heterocycles. The van der Waals surface area contributed by atoms with E-state index < -0.39 is 0 Å². The number of benzene rings is 1. The second kappa shape index (κ2) is 7.27. The van der Waals surface area contributed by atoms with Crippen molar-refractivity contribution < 1.29 is 4.79 Å².